The van der Waals surface area contributed by atoms with Crippen molar-refractivity contribution in [2.75, 3.05) is 0 Å². The minimum absolute atomic E-state index is 0.815. The molecule has 0 nitrogen and oxygen atoms in total. The molecular weight excluding hydrogens is 144 g/mol. The van der Waals surface area contributed by atoms with Gasteiger partial charge in [0.15, 0.2) is 0 Å². The fraction of sp³-hybridized carbons (Fsp3) is 0.500. The molecule has 0 aliphatic heterocycles. The second-order valence-corrected chi connectivity index (χ2v) is 3.75. The molecule has 0 heteroatoms. The van der Waals surface area contributed by atoms with Crippen molar-refractivity contribution in [1.29, 1.82) is 0 Å². The second kappa shape index (κ2) is 3.30. The molecule has 0 saturated heterocycles. The van der Waals surface area contributed by atoms with Crippen molar-refractivity contribution in [2.24, 2.45) is 5.92 Å². The summed E-state index contributed by atoms with van der Waals surface area (Å²) >= 11 is 0. The highest BCUT2D eigenvalue weighted by atomic mass is 14.2. The van der Waals surface area contributed by atoms with Crippen molar-refractivity contribution < 1.29 is 0 Å². The molecule has 0 aromatic rings. The molecule has 0 spiro atoms. The molecule has 2 aliphatic rings. The van der Waals surface area contributed by atoms with Crippen molar-refractivity contribution in [2.45, 2.75) is 32.6 Å². The SMILES string of the molecule is CCCC1CC=C2C=C1C=CC2. The Labute approximate surface area is 74.7 Å². The molecule has 2 rings (SSSR count). The molecule has 0 amide bonds. The van der Waals surface area contributed by atoms with E-state index in [1.807, 2.05) is 0 Å². The van der Waals surface area contributed by atoms with Crippen LogP contribution >= 0.6 is 0 Å². The summed E-state index contributed by atoms with van der Waals surface area (Å²) in [6.07, 6.45) is 14.5. The van der Waals surface area contributed by atoms with Gasteiger partial charge in [-0.15, -0.1) is 0 Å². The highest BCUT2D eigenvalue weighted by Gasteiger charge is 2.16. The molecule has 0 radical (unpaired) electrons. The van der Waals surface area contributed by atoms with Gasteiger partial charge in [0.2, 0.25) is 0 Å². The molecule has 0 saturated carbocycles. The van der Waals surface area contributed by atoms with Crippen LogP contribution in [0.5, 0.6) is 0 Å². The number of hydrogen-bond donors (Lipinski definition) is 0. The smallest absolute Gasteiger partial charge is 0.00973 e. The maximum atomic E-state index is 2.41. The number of fused-ring (bicyclic) bond motifs is 1. The molecule has 0 aromatic carbocycles. The van der Waals surface area contributed by atoms with E-state index in [2.05, 4.69) is 31.2 Å². The highest BCUT2D eigenvalue weighted by Crippen LogP contribution is 2.32. The van der Waals surface area contributed by atoms with Gasteiger partial charge in [-0.25, -0.2) is 0 Å². The Bertz CT molecular complexity index is 253. The number of rotatable bonds is 2. The summed E-state index contributed by atoms with van der Waals surface area (Å²) in [5.74, 6) is 0.815. The molecular formula is C12H16. The van der Waals surface area contributed by atoms with E-state index in [4.69, 9.17) is 0 Å². The topological polar surface area (TPSA) is 0 Å². The third-order valence-corrected chi connectivity index (χ3v) is 2.79. The number of hydrogen-bond acceptors (Lipinski definition) is 0. The fourth-order valence-electron chi connectivity index (χ4n) is 2.11. The molecule has 12 heavy (non-hydrogen) atoms. The largest absolute Gasteiger partial charge is 0.0804 e. The Balaban J connectivity index is 2.14. The summed E-state index contributed by atoms with van der Waals surface area (Å²) in [5, 5.41) is 0. The van der Waals surface area contributed by atoms with Crippen LogP contribution in [0.25, 0.3) is 0 Å². The van der Waals surface area contributed by atoms with Gasteiger partial charge in [-0.05, 0) is 36.3 Å². The van der Waals surface area contributed by atoms with Gasteiger partial charge in [0.1, 0.15) is 0 Å². The summed E-state index contributed by atoms with van der Waals surface area (Å²) < 4.78 is 0. The summed E-state index contributed by atoms with van der Waals surface area (Å²) in [4.78, 5) is 0. The van der Waals surface area contributed by atoms with Crippen LogP contribution in [0.2, 0.25) is 0 Å². The average molecular weight is 160 g/mol. The summed E-state index contributed by atoms with van der Waals surface area (Å²) in [6.45, 7) is 2.27. The van der Waals surface area contributed by atoms with E-state index in [9.17, 15) is 0 Å². The van der Waals surface area contributed by atoms with Gasteiger partial charge < -0.3 is 0 Å². The van der Waals surface area contributed by atoms with E-state index in [1.165, 1.54) is 24.8 Å². The predicted molar refractivity (Wildman–Crippen MR) is 52.9 cm³/mol. The molecule has 64 valence electrons. The molecule has 0 N–H and O–H groups in total. The monoisotopic (exact) mass is 160 g/mol. The molecule has 0 fully saturated rings. The molecule has 1 atom stereocenters. The maximum absolute atomic E-state index is 2.41. The van der Waals surface area contributed by atoms with Gasteiger partial charge in [0, 0.05) is 0 Å². The van der Waals surface area contributed by atoms with Gasteiger partial charge in [-0.1, -0.05) is 37.6 Å². The Morgan fingerprint density at radius 3 is 3.25 bits per heavy atom. The minimum Gasteiger partial charge on any atom is -0.0804 e. The van der Waals surface area contributed by atoms with Crippen molar-refractivity contribution in [1.82, 2.24) is 0 Å². The van der Waals surface area contributed by atoms with Crippen LogP contribution < -0.4 is 0 Å². The first-order chi connectivity index (χ1) is 5.90. The zero-order valence-electron chi connectivity index (χ0n) is 7.72. The van der Waals surface area contributed by atoms with Crippen LogP contribution in [0.1, 0.15) is 32.6 Å². The lowest BCUT2D eigenvalue weighted by atomic mass is 9.82. The molecule has 2 aliphatic carbocycles. The van der Waals surface area contributed by atoms with Gasteiger partial charge in [-0.3, -0.25) is 0 Å². The molecule has 1 unspecified atom stereocenters. The quantitative estimate of drug-likeness (QED) is 0.578. The predicted octanol–water partition coefficient (Wildman–Crippen LogP) is 3.62. The second-order valence-electron chi connectivity index (χ2n) is 3.75. The van der Waals surface area contributed by atoms with Crippen molar-refractivity contribution >= 4 is 0 Å². The van der Waals surface area contributed by atoms with Crippen LogP contribution in [0.3, 0.4) is 0 Å². The van der Waals surface area contributed by atoms with Crippen LogP contribution in [0.4, 0.5) is 0 Å². The van der Waals surface area contributed by atoms with Crippen LogP contribution in [0, 0.1) is 5.92 Å². The first-order valence-corrected chi connectivity index (χ1v) is 4.97. The first-order valence-electron chi connectivity index (χ1n) is 4.97. The lowest BCUT2D eigenvalue weighted by molar-refractivity contribution is 0.557. The third kappa shape index (κ3) is 1.38. The van der Waals surface area contributed by atoms with Crippen molar-refractivity contribution in [3.8, 4) is 0 Å². The lowest BCUT2D eigenvalue weighted by Gasteiger charge is -2.23. The van der Waals surface area contributed by atoms with Crippen LogP contribution in [0.15, 0.2) is 35.5 Å². The van der Waals surface area contributed by atoms with E-state index < -0.39 is 0 Å². The zero-order chi connectivity index (χ0) is 8.39. The van der Waals surface area contributed by atoms with Gasteiger partial charge in [-0.2, -0.15) is 0 Å². The lowest BCUT2D eigenvalue weighted by Crippen LogP contribution is -2.08. The molecule has 0 heterocycles. The Morgan fingerprint density at radius 2 is 2.42 bits per heavy atom. The van der Waals surface area contributed by atoms with Gasteiger partial charge in [0.05, 0.1) is 0 Å². The molecule has 2 bridgehead atoms. The van der Waals surface area contributed by atoms with E-state index in [0.29, 0.717) is 0 Å². The van der Waals surface area contributed by atoms with E-state index >= 15 is 0 Å². The normalized spacial score (nSPS) is 26.6. The molecule has 0 aromatic heterocycles. The average Bonchev–Trinajstić information content (AvgIpc) is 2.11. The summed E-state index contributed by atoms with van der Waals surface area (Å²) in [7, 11) is 0. The maximum Gasteiger partial charge on any atom is -0.00973 e. The third-order valence-electron chi connectivity index (χ3n) is 2.79. The number of allylic oxidation sites excluding steroid dienone is 6. The zero-order valence-corrected chi connectivity index (χ0v) is 7.72. The highest BCUT2D eigenvalue weighted by molar-refractivity contribution is 5.41. The standard InChI is InChI=1S/C12H16/c1-2-4-11-8-7-10-5-3-6-12(11)9-10/h3,6-7,9,11H,2,4-5,8H2,1H3. The fourth-order valence-corrected chi connectivity index (χ4v) is 2.11. The Hall–Kier alpha value is -0.780. The Kier molecular flexibility index (Phi) is 2.16. The first kappa shape index (κ1) is 7.85. The Morgan fingerprint density at radius 1 is 1.50 bits per heavy atom. The van der Waals surface area contributed by atoms with E-state index in [-0.39, 0.29) is 0 Å². The van der Waals surface area contributed by atoms with Gasteiger partial charge in [0.25, 0.3) is 0 Å². The van der Waals surface area contributed by atoms with Crippen molar-refractivity contribution in [3.63, 3.8) is 0 Å². The minimum atomic E-state index is 0.815. The van der Waals surface area contributed by atoms with Crippen molar-refractivity contribution in [3.05, 3.63) is 35.5 Å². The van der Waals surface area contributed by atoms with E-state index in [0.717, 1.165) is 12.3 Å². The summed E-state index contributed by atoms with van der Waals surface area (Å²) in [6, 6.07) is 0. The summed E-state index contributed by atoms with van der Waals surface area (Å²) in [5.41, 5.74) is 3.10. The van der Waals surface area contributed by atoms with Crippen LogP contribution in [-0.4, -0.2) is 0 Å². The van der Waals surface area contributed by atoms with E-state index in [1.54, 1.807) is 5.57 Å². The van der Waals surface area contributed by atoms with Crippen LogP contribution in [-0.2, 0) is 0 Å². The van der Waals surface area contributed by atoms with Gasteiger partial charge >= 0.3 is 0 Å².